The normalized spacial score (nSPS) is 10.8. The van der Waals surface area contributed by atoms with Gasteiger partial charge < -0.3 is 4.98 Å². The van der Waals surface area contributed by atoms with E-state index in [1.54, 1.807) is 12.1 Å². The van der Waals surface area contributed by atoms with Crippen LogP contribution in [0.4, 0.5) is 5.69 Å². The van der Waals surface area contributed by atoms with Gasteiger partial charge in [0.05, 0.1) is 4.92 Å². The van der Waals surface area contributed by atoms with Crippen molar-refractivity contribution in [1.29, 1.82) is 0 Å². The van der Waals surface area contributed by atoms with Crippen LogP contribution in [0.3, 0.4) is 0 Å². The van der Waals surface area contributed by atoms with E-state index in [2.05, 4.69) is 49.9 Å². The lowest BCUT2D eigenvalue weighted by Gasteiger charge is -1.98. The molecule has 2 aromatic carbocycles. The number of non-ortho nitro benzene ring substituents is 1. The minimum Gasteiger partial charge on any atom is -0.350 e. The number of aromatic nitrogens is 2. The smallest absolute Gasteiger partial charge is 0.269 e. The molecule has 5 nitrogen and oxygen atoms in total. The van der Waals surface area contributed by atoms with Crippen LogP contribution >= 0.6 is 32.9 Å². The monoisotopic (exact) mass is 462 g/mol. The second kappa shape index (κ2) is 6.93. The Bertz CT molecular complexity index is 1080. The van der Waals surface area contributed by atoms with Crippen LogP contribution in [0.25, 0.3) is 21.8 Å². The highest BCUT2D eigenvalue weighted by molar-refractivity contribution is 9.10. The van der Waals surface area contributed by atoms with E-state index in [1.807, 2.05) is 12.3 Å². The Kier molecular flexibility index (Phi) is 4.87. The van der Waals surface area contributed by atoms with Crippen molar-refractivity contribution in [1.82, 2.24) is 4.98 Å². The fourth-order valence-electron chi connectivity index (χ4n) is 2.90. The molecule has 4 rings (SSSR count). The van der Waals surface area contributed by atoms with Gasteiger partial charge in [-0.1, -0.05) is 15.9 Å². The van der Waals surface area contributed by atoms with Crippen molar-refractivity contribution in [3.8, 4) is 0 Å². The van der Waals surface area contributed by atoms with Crippen molar-refractivity contribution in [3.05, 3.63) is 81.1 Å². The molecule has 126 valence electrons. The minimum atomic E-state index is -0.383. The summed E-state index contributed by atoms with van der Waals surface area (Å²) < 4.78 is 3.12. The molecule has 2 heterocycles. The maximum absolute atomic E-state index is 10.7. The molecule has 1 N–H and O–H groups in total. The molecule has 4 aromatic rings. The number of rotatable bonds is 3. The first-order valence-corrected chi connectivity index (χ1v) is 8.23. The molecular weight excluding hydrogens is 450 g/mol. The number of nitrogens with zero attached hydrogens (tertiary/aromatic N) is 2. The third kappa shape index (κ3) is 3.43. The molecule has 0 unspecified atom stereocenters. The van der Waals surface area contributed by atoms with Crippen LogP contribution in [0.1, 0.15) is 5.56 Å². The Morgan fingerprint density at radius 2 is 1.80 bits per heavy atom. The highest BCUT2D eigenvalue weighted by Gasteiger charge is 2.11. The molecule has 0 aliphatic rings. The van der Waals surface area contributed by atoms with Crippen LogP contribution < -0.4 is 4.57 Å². The fourth-order valence-corrected chi connectivity index (χ4v) is 3.26. The van der Waals surface area contributed by atoms with Crippen LogP contribution in [0.5, 0.6) is 0 Å². The van der Waals surface area contributed by atoms with Crippen molar-refractivity contribution in [2.75, 3.05) is 0 Å². The summed E-state index contributed by atoms with van der Waals surface area (Å²) in [6.45, 7) is 0.660. The summed E-state index contributed by atoms with van der Waals surface area (Å²) in [7, 11) is 0. The Morgan fingerprint density at radius 3 is 2.52 bits per heavy atom. The van der Waals surface area contributed by atoms with E-state index < -0.39 is 0 Å². The number of aromatic amines is 1. The molecule has 0 aliphatic heterocycles. The lowest BCUT2D eigenvalue weighted by molar-refractivity contribution is -0.687. The summed E-state index contributed by atoms with van der Waals surface area (Å²) in [5, 5.41) is 13.1. The average Bonchev–Trinajstić information content (AvgIpc) is 2.92. The predicted molar refractivity (Wildman–Crippen MR) is 106 cm³/mol. The summed E-state index contributed by atoms with van der Waals surface area (Å²) in [5.74, 6) is 0. The number of H-pyrrole nitrogens is 1. The Balaban J connectivity index is 0.00000182. The first-order chi connectivity index (χ1) is 11.6. The van der Waals surface area contributed by atoms with Crippen LogP contribution in [0.2, 0.25) is 0 Å². The van der Waals surface area contributed by atoms with Gasteiger partial charge in [-0.15, -0.1) is 17.0 Å². The SMILES string of the molecule is Br.O=[N+]([O-])c1ccc(C[n+]2ccc3c(c2)[nH]c2ccc(Br)cc23)cc1. The molecule has 0 bridgehead atoms. The molecule has 0 amide bonds. The van der Waals surface area contributed by atoms with Crippen molar-refractivity contribution < 1.29 is 9.49 Å². The summed E-state index contributed by atoms with van der Waals surface area (Å²) in [4.78, 5) is 13.8. The van der Waals surface area contributed by atoms with E-state index in [-0.39, 0.29) is 27.6 Å². The number of benzene rings is 2. The van der Waals surface area contributed by atoms with Crippen LogP contribution in [-0.4, -0.2) is 9.91 Å². The van der Waals surface area contributed by atoms with Gasteiger partial charge >= 0.3 is 0 Å². The zero-order valence-electron chi connectivity index (χ0n) is 13.0. The summed E-state index contributed by atoms with van der Waals surface area (Å²) in [5.41, 5.74) is 3.29. The predicted octanol–water partition coefficient (Wildman–Crippen LogP) is 4.91. The first-order valence-electron chi connectivity index (χ1n) is 7.43. The second-order valence-electron chi connectivity index (χ2n) is 5.68. The van der Waals surface area contributed by atoms with Gasteiger partial charge in [0.2, 0.25) is 0 Å². The minimum absolute atomic E-state index is 0. The molecule has 0 saturated carbocycles. The van der Waals surface area contributed by atoms with Gasteiger partial charge in [0.25, 0.3) is 5.69 Å². The number of pyridine rings is 1. The highest BCUT2D eigenvalue weighted by Crippen LogP contribution is 2.27. The van der Waals surface area contributed by atoms with Crippen molar-refractivity contribution in [3.63, 3.8) is 0 Å². The lowest BCUT2D eigenvalue weighted by Crippen LogP contribution is -2.33. The zero-order chi connectivity index (χ0) is 16.7. The second-order valence-corrected chi connectivity index (χ2v) is 6.60. The largest absolute Gasteiger partial charge is 0.350 e. The first kappa shape index (κ1) is 17.6. The average molecular weight is 464 g/mol. The van der Waals surface area contributed by atoms with Crippen molar-refractivity contribution in [2.24, 2.45) is 0 Å². The molecule has 25 heavy (non-hydrogen) atoms. The van der Waals surface area contributed by atoms with E-state index in [0.29, 0.717) is 6.54 Å². The van der Waals surface area contributed by atoms with Gasteiger partial charge in [0, 0.05) is 44.5 Å². The number of fused-ring (bicyclic) bond motifs is 3. The maximum Gasteiger partial charge on any atom is 0.269 e. The molecule has 0 spiro atoms. The number of hydrogen-bond acceptors (Lipinski definition) is 2. The van der Waals surface area contributed by atoms with E-state index >= 15 is 0 Å². The Morgan fingerprint density at radius 1 is 1.04 bits per heavy atom. The third-order valence-corrected chi connectivity index (χ3v) is 4.56. The molecule has 0 saturated heterocycles. The molecular formula is C18H14Br2N3O2+. The summed E-state index contributed by atoms with van der Waals surface area (Å²) in [6, 6.07) is 14.9. The van der Waals surface area contributed by atoms with Crippen LogP contribution in [0, 0.1) is 10.1 Å². The van der Waals surface area contributed by atoms with Crippen molar-refractivity contribution in [2.45, 2.75) is 6.54 Å². The van der Waals surface area contributed by atoms with Gasteiger partial charge in [0.15, 0.2) is 18.9 Å². The standard InChI is InChI=1S/C18H12BrN3O2.BrH/c19-13-3-6-17-16(9-13)15-7-8-21(11-18(15)20-17)10-12-1-4-14(5-2-12)22(23)24;/h1-9,11H,10H2;1H/p+1. The molecule has 2 aromatic heterocycles. The van der Waals surface area contributed by atoms with Gasteiger partial charge in [-0.2, -0.15) is 4.57 Å². The number of nitro groups is 1. The zero-order valence-corrected chi connectivity index (χ0v) is 16.3. The Hall–Kier alpha value is -2.25. The maximum atomic E-state index is 10.7. The summed E-state index contributed by atoms with van der Waals surface area (Å²) >= 11 is 3.51. The van der Waals surface area contributed by atoms with Gasteiger partial charge in [-0.25, -0.2) is 0 Å². The van der Waals surface area contributed by atoms with E-state index in [9.17, 15) is 10.1 Å². The van der Waals surface area contributed by atoms with Gasteiger partial charge in [0.1, 0.15) is 5.52 Å². The van der Waals surface area contributed by atoms with E-state index in [1.165, 1.54) is 22.9 Å². The summed E-state index contributed by atoms with van der Waals surface area (Å²) in [6.07, 6.45) is 4.09. The Labute approximate surface area is 162 Å². The number of nitrogens with one attached hydrogen (secondary N) is 1. The number of halogens is 2. The van der Waals surface area contributed by atoms with Crippen LogP contribution in [0.15, 0.2) is 65.4 Å². The quantitative estimate of drug-likeness (QED) is 0.266. The van der Waals surface area contributed by atoms with Crippen molar-refractivity contribution >= 4 is 60.4 Å². The van der Waals surface area contributed by atoms with E-state index in [0.717, 1.165) is 21.1 Å². The molecule has 7 heteroatoms. The molecule has 0 fully saturated rings. The highest BCUT2D eigenvalue weighted by atomic mass is 79.9. The van der Waals surface area contributed by atoms with Gasteiger partial charge in [-0.05, 0) is 30.3 Å². The topological polar surface area (TPSA) is 62.8 Å². The van der Waals surface area contributed by atoms with E-state index in [4.69, 9.17) is 0 Å². The van der Waals surface area contributed by atoms with Gasteiger partial charge in [-0.3, -0.25) is 10.1 Å². The number of nitro benzene ring substituents is 1. The molecule has 0 aliphatic carbocycles. The fraction of sp³-hybridized carbons (Fsp3) is 0.0556. The van der Waals surface area contributed by atoms with Crippen LogP contribution in [-0.2, 0) is 6.54 Å². The molecule has 0 atom stereocenters. The third-order valence-electron chi connectivity index (χ3n) is 4.07. The lowest BCUT2D eigenvalue weighted by atomic mass is 10.2. The number of hydrogen-bond donors (Lipinski definition) is 1. The molecule has 0 radical (unpaired) electrons.